The number of hydrazone groups is 1. The van der Waals surface area contributed by atoms with E-state index in [1.54, 1.807) is 60.7 Å². The van der Waals surface area contributed by atoms with Crippen LogP contribution in [0, 0.1) is 0 Å². The van der Waals surface area contributed by atoms with Crippen LogP contribution in [0.25, 0.3) is 0 Å². The fourth-order valence-electron chi connectivity index (χ4n) is 2.28. The molecule has 0 saturated carbocycles. The molecular weight excluding hydrogens is 480 g/mol. The van der Waals surface area contributed by atoms with Crippen LogP contribution in [0.15, 0.2) is 87.3 Å². The molecule has 0 radical (unpaired) electrons. The van der Waals surface area contributed by atoms with Gasteiger partial charge in [0, 0.05) is 15.1 Å². The predicted octanol–water partition coefficient (Wildman–Crippen LogP) is 4.63. The van der Waals surface area contributed by atoms with Gasteiger partial charge in [-0.3, -0.25) is 0 Å². The first-order valence-electron chi connectivity index (χ1n) is 8.22. The average molecular weight is 494 g/mol. The maximum atomic E-state index is 12.3. The number of benzene rings is 3. The number of esters is 1. The summed E-state index contributed by atoms with van der Waals surface area (Å²) in [5, 5.41) is 4.29. The monoisotopic (exact) mass is 492 g/mol. The number of hydrogen-bond acceptors (Lipinski definition) is 5. The summed E-state index contributed by atoms with van der Waals surface area (Å²) in [5.74, 6) is -0.362. The Bertz CT molecular complexity index is 1150. The van der Waals surface area contributed by atoms with Crippen molar-refractivity contribution in [3.8, 4) is 5.75 Å². The smallest absolute Gasteiger partial charge is 0.343 e. The maximum Gasteiger partial charge on any atom is 0.343 e. The number of nitrogens with one attached hydrogen (secondary N) is 1. The molecule has 1 N–H and O–H groups in total. The van der Waals surface area contributed by atoms with Crippen molar-refractivity contribution in [1.29, 1.82) is 0 Å². The number of nitrogens with zero attached hydrogens (tertiary/aromatic N) is 1. The van der Waals surface area contributed by atoms with Gasteiger partial charge in [-0.2, -0.15) is 13.5 Å². The average Bonchev–Trinajstić information content (AvgIpc) is 2.71. The van der Waals surface area contributed by atoms with Gasteiger partial charge in [-0.05, 0) is 54.6 Å². The van der Waals surface area contributed by atoms with Crippen LogP contribution in [0.2, 0.25) is 5.02 Å². The molecule has 3 aromatic rings. The van der Waals surface area contributed by atoms with Crippen molar-refractivity contribution >= 4 is 49.7 Å². The molecule has 0 fully saturated rings. The fraction of sp³-hybridized carbons (Fsp3) is 0. The van der Waals surface area contributed by atoms with E-state index in [2.05, 4.69) is 25.9 Å². The SMILES string of the molecule is O=C(Oc1ccc(Br)cc1C=NNS(=O)(=O)c1ccccc1)c1ccc(Cl)cc1. The molecule has 29 heavy (non-hydrogen) atoms. The van der Waals surface area contributed by atoms with Crippen LogP contribution >= 0.6 is 27.5 Å². The first-order chi connectivity index (χ1) is 13.8. The first kappa shape index (κ1) is 21.0. The zero-order chi connectivity index (χ0) is 20.9. The largest absolute Gasteiger partial charge is 0.422 e. The molecule has 6 nitrogen and oxygen atoms in total. The van der Waals surface area contributed by atoms with Crippen LogP contribution in [0.3, 0.4) is 0 Å². The Morgan fingerprint density at radius 2 is 1.72 bits per heavy atom. The molecule has 0 aromatic heterocycles. The van der Waals surface area contributed by atoms with Gasteiger partial charge in [0.25, 0.3) is 10.0 Å². The second-order valence-corrected chi connectivity index (χ2v) is 8.76. The molecule has 9 heteroatoms. The van der Waals surface area contributed by atoms with Crippen LogP contribution in [-0.2, 0) is 10.0 Å². The van der Waals surface area contributed by atoms with Crippen LogP contribution < -0.4 is 9.57 Å². The summed E-state index contributed by atoms with van der Waals surface area (Å²) in [7, 11) is -3.80. The molecule has 0 atom stereocenters. The third-order valence-electron chi connectivity index (χ3n) is 3.68. The highest BCUT2D eigenvalue weighted by Gasteiger charge is 2.13. The van der Waals surface area contributed by atoms with E-state index < -0.39 is 16.0 Å². The van der Waals surface area contributed by atoms with Crippen molar-refractivity contribution in [1.82, 2.24) is 4.83 Å². The van der Waals surface area contributed by atoms with Gasteiger partial charge in [0.1, 0.15) is 5.75 Å². The fourth-order valence-corrected chi connectivity index (χ4v) is 3.59. The topological polar surface area (TPSA) is 84.8 Å². The molecule has 3 aromatic carbocycles. The summed E-state index contributed by atoms with van der Waals surface area (Å²) < 4.78 is 30.6. The lowest BCUT2D eigenvalue weighted by atomic mass is 10.2. The van der Waals surface area contributed by atoms with E-state index in [1.165, 1.54) is 18.3 Å². The Kier molecular flexibility index (Phi) is 6.68. The van der Waals surface area contributed by atoms with E-state index in [-0.39, 0.29) is 10.6 Å². The molecule has 3 rings (SSSR count). The summed E-state index contributed by atoms with van der Waals surface area (Å²) in [6.45, 7) is 0. The third-order valence-corrected chi connectivity index (χ3v) is 5.67. The summed E-state index contributed by atoms with van der Waals surface area (Å²) in [4.78, 5) is 14.6. The molecule has 0 bridgehead atoms. The van der Waals surface area contributed by atoms with Crippen LogP contribution in [0.1, 0.15) is 15.9 Å². The highest BCUT2D eigenvalue weighted by atomic mass is 79.9. The van der Waals surface area contributed by atoms with Gasteiger partial charge in [0.2, 0.25) is 0 Å². The lowest BCUT2D eigenvalue weighted by Crippen LogP contribution is -2.18. The van der Waals surface area contributed by atoms with E-state index in [0.29, 0.717) is 20.6 Å². The molecule has 0 amide bonds. The number of hydrogen-bond donors (Lipinski definition) is 1. The van der Waals surface area contributed by atoms with Crippen LogP contribution in [0.4, 0.5) is 0 Å². The van der Waals surface area contributed by atoms with Crippen molar-refractivity contribution in [3.05, 3.63) is 93.4 Å². The van der Waals surface area contributed by atoms with Crippen molar-refractivity contribution in [2.24, 2.45) is 5.10 Å². The Morgan fingerprint density at radius 3 is 2.41 bits per heavy atom. The van der Waals surface area contributed by atoms with Crippen LogP contribution in [-0.4, -0.2) is 20.6 Å². The van der Waals surface area contributed by atoms with E-state index in [4.69, 9.17) is 16.3 Å². The molecule has 0 aliphatic heterocycles. The summed E-state index contributed by atoms with van der Waals surface area (Å²) in [5.41, 5.74) is 0.724. The molecule has 0 saturated heterocycles. The highest BCUT2D eigenvalue weighted by molar-refractivity contribution is 9.10. The van der Waals surface area contributed by atoms with Gasteiger partial charge in [-0.15, -0.1) is 0 Å². The van der Waals surface area contributed by atoms with E-state index >= 15 is 0 Å². The second kappa shape index (κ2) is 9.21. The molecule has 0 spiro atoms. The van der Waals surface area contributed by atoms with E-state index in [9.17, 15) is 13.2 Å². The van der Waals surface area contributed by atoms with E-state index in [0.717, 1.165) is 0 Å². The third kappa shape index (κ3) is 5.66. The number of carbonyl (C=O) groups excluding carboxylic acids is 1. The standard InChI is InChI=1S/C20H14BrClN2O4S/c21-16-8-11-19(28-20(25)14-6-9-17(22)10-7-14)15(12-16)13-23-24-29(26,27)18-4-2-1-3-5-18/h1-13,24H. The van der Waals surface area contributed by atoms with Gasteiger partial charge in [-0.25, -0.2) is 9.63 Å². The van der Waals surface area contributed by atoms with Gasteiger partial charge in [0.15, 0.2) is 0 Å². The van der Waals surface area contributed by atoms with Gasteiger partial charge in [-0.1, -0.05) is 45.7 Å². The molecule has 0 heterocycles. The lowest BCUT2D eigenvalue weighted by molar-refractivity contribution is 0.0734. The Morgan fingerprint density at radius 1 is 1.03 bits per heavy atom. The first-order valence-corrected chi connectivity index (χ1v) is 10.9. The molecular formula is C20H14BrClN2O4S. The molecule has 0 unspecified atom stereocenters. The number of ether oxygens (including phenoxy) is 1. The zero-order valence-electron chi connectivity index (χ0n) is 14.7. The van der Waals surface area contributed by atoms with Gasteiger partial charge < -0.3 is 4.74 Å². The minimum Gasteiger partial charge on any atom is -0.422 e. The van der Waals surface area contributed by atoms with Gasteiger partial charge >= 0.3 is 5.97 Å². The normalized spacial score (nSPS) is 11.4. The second-order valence-electron chi connectivity index (χ2n) is 5.74. The Balaban J connectivity index is 1.79. The van der Waals surface area contributed by atoms with Crippen molar-refractivity contribution in [2.75, 3.05) is 0 Å². The predicted molar refractivity (Wildman–Crippen MR) is 115 cm³/mol. The van der Waals surface area contributed by atoms with Crippen LogP contribution in [0.5, 0.6) is 5.75 Å². The summed E-state index contributed by atoms with van der Waals surface area (Å²) in [6.07, 6.45) is 1.26. The molecule has 148 valence electrons. The quantitative estimate of drug-likeness (QED) is 0.235. The highest BCUT2D eigenvalue weighted by Crippen LogP contribution is 2.23. The Hall–Kier alpha value is -2.68. The summed E-state index contributed by atoms with van der Waals surface area (Å²) >= 11 is 9.15. The number of halogens is 2. The number of sulfonamides is 1. The van der Waals surface area contributed by atoms with Crippen molar-refractivity contribution in [3.63, 3.8) is 0 Å². The Labute approximate surface area is 181 Å². The maximum absolute atomic E-state index is 12.3. The zero-order valence-corrected chi connectivity index (χ0v) is 17.9. The minimum absolute atomic E-state index is 0.0841. The van der Waals surface area contributed by atoms with E-state index in [1.807, 2.05) is 0 Å². The number of rotatable bonds is 6. The molecule has 0 aliphatic rings. The van der Waals surface area contributed by atoms with Gasteiger partial charge in [0.05, 0.1) is 16.7 Å². The lowest BCUT2D eigenvalue weighted by Gasteiger charge is -2.08. The summed E-state index contributed by atoms with van der Waals surface area (Å²) in [6, 6.07) is 19.0. The van der Waals surface area contributed by atoms with Crippen molar-refractivity contribution < 1.29 is 17.9 Å². The number of carbonyl (C=O) groups is 1. The molecule has 0 aliphatic carbocycles. The minimum atomic E-state index is -3.80. The van der Waals surface area contributed by atoms with Crippen molar-refractivity contribution in [2.45, 2.75) is 4.90 Å².